The highest BCUT2D eigenvalue weighted by Crippen LogP contribution is 2.32. The van der Waals surface area contributed by atoms with E-state index in [0.29, 0.717) is 17.7 Å². The second-order valence-corrected chi connectivity index (χ2v) is 12.9. The fraction of sp³-hybridized carbons (Fsp3) is 0.387. The number of carbonyl (C=O) groups is 1. The fourth-order valence-electron chi connectivity index (χ4n) is 5.04. The molecule has 0 aromatic heterocycles. The minimum atomic E-state index is -4.85. The number of aliphatic hydroxyl groups excluding tert-OH is 1. The number of alkyl halides is 6. The number of aliphatic hydroxyl groups is 1. The molecule has 1 saturated heterocycles. The average molecular weight is 675 g/mol. The second-order valence-electron chi connectivity index (χ2n) is 10.6. The number of rotatable bonds is 11. The molecule has 0 bridgehead atoms. The first-order valence-electron chi connectivity index (χ1n) is 14.3. The largest absolute Gasteiger partial charge is 0.522 e. The SMILES string of the molecule is CCS(=O)(=O)c1ccc([C@H](CO)NC(=O)c2ccc(N3C[C@@H](Oc4ccc(C(F)(F)F)cc4)CC[C@H]3COC(F)(F)F)cc2)cc1. The third kappa shape index (κ3) is 9.13. The molecule has 0 radical (unpaired) electrons. The van der Waals surface area contributed by atoms with E-state index in [1.807, 2.05) is 0 Å². The van der Waals surface area contributed by atoms with E-state index >= 15 is 0 Å². The monoisotopic (exact) mass is 674 g/mol. The first kappa shape index (κ1) is 35.0. The number of amides is 1. The second kappa shape index (κ2) is 14.3. The number of halogens is 6. The molecule has 46 heavy (non-hydrogen) atoms. The van der Waals surface area contributed by atoms with Crippen LogP contribution >= 0.6 is 0 Å². The molecule has 3 atom stereocenters. The summed E-state index contributed by atoms with van der Waals surface area (Å²) < 4.78 is 111. The number of sulfone groups is 1. The van der Waals surface area contributed by atoms with Crippen LogP contribution in [0.15, 0.2) is 77.7 Å². The Kier molecular flexibility index (Phi) is 10.9. The van der Waals surface area contributed by atoms with Crippen molar-refractivity contribution in [2.24, 2.45) is 0 Å². The fourth-order valence-corrected chi connectivity index (χ4v) is 5.92. The Morgan fingerprint density at radius 3 is 2.13 bits per heavy atom. The van der Waals surface area contributed by atoms with Crippen molar-refractivity contribution in [3.8, 4) is 5.75 Å². The van der Waals surface area contributed by atoms with E-state index in [1.165, 1.54) is 67.6 Å². The van der Waals surface area contributed by atoms with Crippen LogP contribution in [0.1, 0.15) is 47.3 Å². The minimum Gasteiger partial charge on any atom is -0.489 e. The number of hydrogen-bond donors (Lipinski definition) is 2. The molecule has 0 saturated carbocycles. The number of nitrogens with zero attached hydrogens (tertiary/aromatic N) is 1. The van der Waals surface area contributed by atoms with Gasteiger partial charge in [0.25, 0.3) is 5.91 Å². The molecule has 1 aliphatic rings. The van der Waals surface area contributed by atoms with Gasteiger partial charge in [0.15, 0.2) is 9.84 Å². The highest BCUT2D eigenvalue weighted by Gasteiger charge is 2.36. The summed E-state index contributed by atoms with van der Waals surface area (Å²) >= 11 is 0. The molecule has 0 spiro atoms. The number of hydrogen-bond acceptors (Lipinski definition) is 7. The van der Waals surface area contributed by atoms with Crippen LogP contribution in [0.5, 0.6) is 5.75 Å². The Labute approximate surface area is 261 Å². The zero-order valence-electron chi connectivity index (χ0n) is 24.5. The number of ether oxygens (including phenoxy) is 2. The van der Waals surface area contributed by atoms with Gasteiger partial charge in [0.1, 0.15) is 11.9 Å². The first-order chi connectivity index (χ1) is 21.6. The Morgan fingerprint density at radius 2 is 1.59 bits per heavy atom. The summed E-state index contributed by atoms with van der Waals surface area (Å²) in [5.41, 5.74) is 0.274. The van der Waals surface area contributed by atoms with Crippen molar-refractivity contribution in [2.45, 2.75) is 55.4 Å². The quantitative estimate of drug-likeness (QED) is 0.244. The van der Waals surface area contributed by atoms with E-state index in [9.17, 15) is 44.7 Å². The summed E-state index contributed by atoms with van der Waals surface area (Å²) in [5.74, 6) is -0.465. The molecular formula is C31H32F6N2O6S. The van der Waals surface area contributed by atoms with Gasteiger partial charge in [0.2, 0.25) is 0 Å². The lowest BCUT2D eigenvalue weighted by molar-refractivity contribution is -0.326. The van der Waals surface area contributed by atoms with Crippen molar-refractivity contribution < 1.29 is 54.1 Å². The van der Waals surface area contributed by atoms with Gasteiger partial charge in [-0.05, 0) is 79.1 Å². The number of benzene rings is 3. The lowest BCUT2D eigenvalue weighted by Crippen LogP contribution is -2.50. The van der Waals surface area contributed by atoms with Crippen LogP contribution in [-0.2, 0) is 20.8 Å². The maximum absolute atomic E-state index is 13.0. The highest BCUT2D eigenvalue weighted by molar-refractivity contribution is 7.91. The van der Waals surface area contributed by atoms with E-state index in [2.05, 4.69) is 10.1 Å². The van der Waals surface area contributed by atoms with Crippen molar-refractivity contribution in [3.63, 3.8) is 0 Å². The van der Waals surface area contributed by atoms with Gasteiger partial charge in [0.05, 0.1) is 48.1 Å². The van der Waals surface area contributed by atoms with Gasteiger partial charge in [-0.15, -0.1) is 13.2 Å². The molecule has 1 fully saturated rings. The van der Waals surface area contributed by atoms with Crippen LogP contribution < -0.4 is 15.0 Å². The first-order valence-corrected chi connectivity index (χ1v) is 15.9. The number of nitrogens with one attached hydrogen (secondary N) is 1. The van der Waals surface area contributed by atoms with Gasteiger partial charge in [-0.2, -0.15) is 13.2 Å². The van der Waals surface area contributed by atoms with Gasteiger partial charge in [-0.1, -0.05) is 19.1 Å². The van der Waals surface area contributed by atoms with E-state index in [1.54, 1.807) is 4.90 Å². The van der Waals surface area contributed by atoms with Crippen LogP contribution in [-0.4, -0.2) is 63.5 Å². The maximum atomic E-state index is 13.0. The van der Waals surface area contributed by atoms with Crippen LogP contribution in [0, 0.1) is 0 Å². The Bertz CT molecular complexity index is 1560. The number of anilines is 1. The highest BCUT2D eigenvalue weighted by atomic mass is 32.2. The Balaban J connectivity index is 1.47. The van der Waals surface area contributed by atoms with E-state index in [4.69, 9.17) is 4.74 Å². The average Bonchev–Trinajstić information content (AvgIpc) is 3.02. The van der Waals surface area contributed by atoms with Gasteiger partial charge in [0, 0.05) is 11.3 Å². The zero-order chi connectivity index (χ0) is 33.7. The predicted molar refractivity (Wildman–Crippen MR) is 156 cm³/mol. The van der Waals surface area contributed by atoms with Gasteiger partial charge in [-0.3, -0.25) is 9.53 Å². The van der Waals surface area contributed by atoms with Crippen LogP contribution in [0.25, 0.3) is 0 Å². The minimum absolute atomic E-state index is 0.0805. The molecular weight excluding hydrogens is 642 g/mol. The molecule has 0 unspecified atom stereocenters. The maximum Gasteiger partial charge on any atom is 0.522 e. The van der Waals surface area contributed by atoms with Gasteiger partial charge in [-0.25, -0.2) is 8.42 Å². The molecule has 3 aromatic carbocycles. The van der Waals surface area contributed by atoms with E-state index < -0.39 is 65.2 Å². The summed E-state index contributed by atoms with van der Waals surface area (Å²) in [6.07, 6.45) is -9.39. The lowest BCUT2D eigenvalue weighted by Gasteiger charge is -2.41. The normalized spacial score (nSPS) is 18.2. The summed E-state index contributed by atoms with van der Waals surface area (Å²) in [5, 5.41) is 12.6. The summed E-state index contributed by atoms with van der Waals surface area (Å²) in [4.78, 5) is 14.7. The molecule has 15 heteroatoms. The zero-order valence-corrected chi connectivity index (χ0v) is 25.3. The predicted octanol–water partition coefficient (Wildman–Crippen LogP) is 5.92. The molecule has 1 heterocycles. The summed E-state index contributed by atoms with van der Waals surface area (Å²) in [7, 11) is -3.43. The van der Waals surface area contributed by atoms with Crippen LogP contribution in [0.3, 0.4) is 0 Å². The smallest absolute Gasteiger partial charge is 0.489 e. The Hall–Kier alpha value is -3.82. The molecule has 2 N–H and O–H groups in total. The van der Waals surface area contributed by atoms with Crippen molar-refractivity contribution >= 4 is 21.4 Å². The van der Waals surface area contributed by atoms with Crippen molar-refractivity contribution in [1.29, 1.82) is 0 Å². The van der Waals surface area contributed by atoms with Gasteiger partial charge < -0.3 is 20.1 Å². The molecule has 1 amide bonds. The van der Waals surface area contributed by atoms with Crippen LogP contribution in [0.2, 0.25) is 0 Å². The Morgan fingerprint density at radius 1 is 0.957 bits per heavy atom. The molecule has 3 aromatic rings. The number of carbonyl (C=O) groups excluding carboxylic acids is 1. The molecule has 8 nitrogen and oxygen atoms in total. The van der Waals surface area contributed by atoms with Crippen molar-refractivity contribution in [1.82, 2.24) is 5.32 Å². The molecule has 0 aliphatic carbocycles. The lowest BCUT2D eigenvalue weighted by atomic mass is 9.99. The standard InChI is InChI=1S/C31H32F6N2O6S/c1-2-46(42,43)27-15-5-20(6-16-27)28(18-40)38-29(41)21-3-9-23(10-4-21)39-17-26(14-11-24(39)19-44-31(35,36)37)45-25-12-7-22(8-13-25)30(32,33)34/h3-10,12-13,15-16,24,26,28,40H,2,11,14,17-19H2,1H3,(H,38,41)/t24-,26-,28-/m0/s1. The summed E-state index contributed by atoms with van der Waals surface area (Å²) in [6, 6.07) is 14.3. The van der Waals surface area contributed by atoms with E-state index in [-0.39, 0.29) is 34.9 Å². The third-order valence-corrected chi connectivity index (χ3v) is 9.31. The molecule has 250 valence electrons. The summed E-state index contributed by atoms with van der Waals surface area (Å²) in [6.45, 7) is 0.464. The van der Waals surface area contributed by atoms with Gasteiger partial charge >= 0.3 is 12.5 Å². The van der Waals surface area contributed by atoms with Crippen molar-refractivity contribution in [3.05, 3.63) is 89.5 Å². The molecule has 1 aliphatic heterocycles. The third-order valence-electron chi connectivity index (χ3n) is 7.56. The topological polar surface area (TPSA) is 105 Å². The van der Waals surface area contributed by atoms with E-state index in [0.717, 1.165) is 12.1 Å². The van der Waals surface area contributed by atoms with Crippen molar-refractivity contribution in [2.75, 3.05) is 30.4 Å². The van der Waals surface area contributed by atoms with Crippen LogP contribution in [0.4, 0.5) is 32.0 Å². The molecule has 4 rings (SSSR count). The number of piperidine rings is 1.